The van der Waals surface area contributed by atoms with Crippen molar-refractivity contribution in [1.82, 2.24) is 9.55 Å². The number of anilines is 1. The topological polar surface area (TPSA) is 85.6 Å². The molecule has 2 heterocycles. The molecule has 2 aromatic carbocycles. The lowest BCUT2D eigenvalue weighted by atomic mass is 9.92. The molecule has 1 aliphatic rings. The molecule has 0 aliphatic carbocycles. The van der Waals surface area contributed by atoms with Crippen LogP contribution in [0.25, 0.3) is 11.0 Å². The molecule has 0 unspecified atom stereocenters. The Bertz CT molecular complexity index is 1100. The molecule has 0 saturated carbocycles. The summed E-state index contributed by atoms with van der Waals surface area (Å²) in [4.78, 5) is 17.3. The smallest absolute Gasteiger partial charge is 0.209 e. The van der Waals surface area contributed by atoms with Crippen LogP contribution in [0.3, 0.4) is 0 Å². The van der Waals surface area contributed by atoms with E-state index in [2.05, 4.69) is 10.3 Å². The van der Waals surface area contributed by atoms with Crippen LogP contribution < -0.4 is 14.8 Å². The van der Waals surface area contributed by atoms with Crippen molar-refractivity contribution >= 4 is 22.8 Å². The maximum Gasteiger partial charge on any atom is 0.209 e. The largest absolute Gasteiger partial charge is 0.502 e. The highest BCUT2D eigenvalue weighted by atomic mass is 16.5. The molecule has 3 aromatic rings. The van der Waals surface area contributed by atoms with E-state index < -0.39 is 6.04 Å². The van der Waals surface area contributed by atoms with E-state index in [1.54, 1.807) is 19.1 Å². The van der Waals surface area contributed by atoms with Crippen LogP contribution in [0.2, 0.25) is 0 Å². The van der Waals surface area contributed by atoms with E-state index in [-0.39, 0.29) is 23.0 Å². The van der Waals surface area contributed by atoms with Gasteiger partial charge in [0.25, 0.3) is 0 Å². The number of para-hydroxylation sites is 2. The minimum absolute atomic E-state index is 0.0514. The Morgan fingerprint density at radius 1 is 1.18 bits per heavy atom. The van der Waals surface area contributed by atoms with E-state index in [0.717, 1.165) is 22.3 Å². The van der Waals surface area contributed by atoms with Crippen LogP contribution in [0, 0.1) is 0 Å². The van der Waals surface area contributed by atoms with Gasteiger partial charge in [0, 0.05) is 11.3 Å². The van der Waals surface area contributed by atoms with Crippen LogP contribution in [-0.4, -0.2) is 34.7 Å². The van der Waals surface area contributed by atoms with Gasteiger partial charge in [0.2, 0.25) is 11.7 Å². The Morgan fingerprint density at radius 3 is 2.43 bits per heavy atom. The predicted octanol–water partition coefficient (Wildman–Crippen LogP) is 3.64. The molecular weight excluding hydrogens is 358 g/mol. The quantitative estimate of drug-likeness (QED) is 0.720. The summed E-state index contributed by atoms with van der Waals surface area (Å²) in [5.74, 6) is 1.08. The van der Waals surface area contributed by atoms with E-state index in [4.69, 9.17) is 9.47 Å². The molecule has 0 amide bonds. The van der Waals surface area contributed by atoms with Gasteiger partial charge < -0.3 is 19.9 Å². The lowest BCUT2D eigenvalue weighted by molar-refractivity contribution is -0.114. The number of nitrogens with zero attached hydrogens (tertiary/aromatic N) is 2. The molecule has 1 aliphatic heterocycles. The van der Waals surface area contributed by atoms with Crippen molar-refractivity contribution in [2.75, 3.05) is 19.5 Å². The molecule has 0 bridgehead atoms. The first kappa shape index (κ1) is 17.9. The van der Waals surface area contributed by atoms with Crippen LogP contribution in [0.15, 0.2) is 47.7 Å². The van der Waals surface area contributed by atoms with Crippen molar-refractivity contribution < 1.29 is 19.4 Å². The zero-order valence-electron chi connectivity index (χ0n) is 16.1. The molecule has 1 atom stereocenters. The monoisotopic (exact) mass is 379 g/mol. The molecule has 0 fully saturated rings. The number of ether oxygens (including phenoxy) is 2. The third-order valence-corrected chi connectivity index (χ3v) is 5.03. The number of fused-ring (bicyclic) bond motifs is 3. The van der Waals surface area contributed by atoms with E-state index >= 15 is 0 Å². The molecule has 7 heteroatoms. The Kier molecular flexibility index (Phi) is 4.22. The lowest BCUT2D eigenvalue weighted by Gasteiger charge is -2.30. The first-order valence-corrected chi connectivity index (χ1v) is 8.86. The number of methoxy groups -OCH3 is 2. The number of hydrogen-bond acceptors (Lipinski definition) is 6. The summed E-state index contributed by atoms with van der Waals surface area (Å²) in [7, 11) is 2.96. The van der Waals surface area contributed by atoms with E-state index in [0.29, 0.717) is 11.5 Å². The number of rotatable bonds is 4. The van der Waals surface area contributed by atoms with Gasteiger partial charge in [0.15, 0.2) is 17.3 Å². The predicted molar refractivity (Wildman–Crippen MR) is 106 cm³/mol. The Morgan fingerprint density at radius 2 is 1.82 bits per heavy atom. The number of aromatic nitrogens is 2. The summed E-state index contributed by atoms with van der Waals surface area (Å²) in [5, 5.41) is 13.6. The third kappa shape index (κ3) is 2.58. The molecule has 1 aromatic heterocycles. The fourth-order valence-electron chi connectivity index (χ4n) is 3.81. The summed E-state index contributed by atoms with van der Waals surface area (Å²) in [5.41, 5.74) is 3.83. The molecule has 144 valence electrons. The number of phenolic OH excluding ortho intramolecular Hbond substituents is 1. The average Bonchev–Trinajstić information content (AvgIpc) is 3.04. The maximum atomic E-state index is 12.6. The number of benzene rings is 2. The number of hydrogen-bond donors (Lipinski definition) is 2. The first-order valence-electron chi connectivity index (χ1n) is 8.86. The number of Topliss-reactive ketones (excluding diaryl/α,β-unsaturated/α-hetero) is 1. The first-order chi connectivity index (χ1) is 13.5. The number of aromatic hydroxyl groups is 1. The second-order valence-electron chi connectivity index (χ2n) is 6.69. The molecule has 0 spiro atoms. The molecule has 2 N–H and O–H groups in total. The van der Waals surface area contributed by atoms with Crippen molar-refractivity contribution in [3.05, 3.63) is 53.2 Å². The second-order valence-corrected chi connectivity index (χ2v) is 6.69. The molecule has 7 nitrogen and oxygen atoms in total. The van der Waals surface area contributed by atoms with Gasteiger partial charge in [-0.1, -0.05) is 12.1 Å². The van der Waals surface area contributed by atoms with Gasteiger partial charge in [-0.05, 0) is 43.7 Å². The molecule has 0 saturated heterocycles. The normalized spacial score (nSPS) is 15.9. The average molecular weight is 379 g/mol. The Balaban J connectivity index is 2.05. The van der Waals surface area contributed by atoms with Crippen molar-refractivity contribution in [1.29, 1.82) is 0 Å². The maximum absolute atomic E-state index is 12.6. The van der Waals surface area contributed by atoms with E-state index in [1.165, 1.54) is 14.2 Å². The Labute approximate surface area is 162 Å². The summed E-state index contributed by atoms with van der Waals surface area (Å²) in [6.45, 7) is 3.41. The van der Waals surface area contributed by atoms with Crippen molar-refractivity contribution in [3.8, 4) is 17.2 Å². The van der Waals surface area contributed by atoms with Gasteiger partial charge in [-0.25, -0.2) is 4.98 Å². The number of allylic oxidation sites excluding steroid dienone is 2. The summed E-state index contributed by atoms with van der Waals surface area (Å²) < 4.78 is 12.6. The van der Waals surface area contributed by atoms with Gasteiger partial charge in [-0.2, -0.15) is 0 Å². The van der Waals surface area contributed by atoms with Crippen molar-refractivity contribution in [3.63, 3.8) is 0 Å². The van der Waals surface area contributed by atoms with Crippen LogP contribution in [0.5, 0.6) is 17.2 Å². The lowest BCUT2D eigenvalue weighted by Crippen LogP contribution is -2.27. The van der Waals surface area contributed by atoms with Gasteiger partial charge >= 0.3 is 0 Å². The fourth-order valence-corrected chi connectivity index (χ4v) is 3.81. The van der Waals surface area contributed by atoms with Gasteiger partial charge in [-0.3, -0.25) is 9.36 Å². The fraction of sp³-hybridized carbons (Fsp3) is 0.238. The number of carbonyl (C=O) groups is 1. The van der Waals surface area contributed by atoms with Crippen LogP contribution in [-0.2, 0) is 4.79 Å². The van der Waals surface area contributed by atoms with Gasteiger partial charge in [-0.15, -0.1) is 0 Å². The number of carbonyl (C=O) groups excluding carboxylic acids is 1. The minimum atomic E-state index is -0.440. The van der Waals surface area contributed by atoms with E-state index in [9.17, 15) is 9.90 Å². The number of imidazole rings is 1. The summed E-state index contributed by atoms with van der Waals surface area (Å²) in [6.07, 6.45) is 0. The molecule has 4 rings (SSSR count). The second kappa shape index (κ2) is 6.60. The number of nitrogens with one attached hydrogen (secondary N) is 1. The highest BCUT2D eigenvalue weighted by molar-refractivity contribution is 5.97. The summed E-state index contributed by atoms with van der Waals surface area (Å²) in [6, 6.07) is 10.8. The standard InChI is InChI=1S/C21H21N3O4/c1-11-18(12(2)25)19(13-9-16(27-3)20(26)17(10-13)28-4)24-15-8-6-5-7-14(15)23-21(24)22-11/h5-10,19,26H,1-4H3,(H,22,23)/t19-/m0/s1. The van der Waals surface area contributed by atoms with Crippen molar-refractivity contribution in [2.45, 2.75) is 19.9 Å². The highest BCUT2D eigenvalue weighted by Gasteiger charge is 2.33. The van der Waals surface area contributed by atoms with Gasteiger partial charge in [0.05, 0.1) is 31.3 Å². The van der Waals surface area contributed by atoms with E-state index in [1.807, 2.05) is 35.8 Å². The SMILES string of the molecule is COc1cc([C@H]2C(C(C)=O)=C(C)Nc3nc4ccccc4n32)cc(OC)c1O. The van der Waals surface area contributed by atoms with Crippen LogP contribution in [0.4, 0.5) is 5.95 Å². The van der Waals surface area contributed by atoms with Crippen LogP contribution >= 0.6 is 0 Å². The Hall–Kier alpha value is -3.48. The number of ketones is 1. The van der Waals surface area contributed by atoms with Crippen LogP contribution in [0.1, 0.15) is 25.5 Å². The molecule has 28 heavy (non-hydrogen) atoms. The zero-order valence-corrected chi connectivity index (χ0v) is 16.1. The van der Waals surface area contributed by atoms with Gasteiger partial charge in [0.1, 0.15) is 0 Å². The molecular formula is C21H21N3O4. The summed E-state index contributed by atoms with van der Waals surface area (Å²) >= 11 is 0. The minimum Gasteiger partial charge on any atom is -0.502 e. The number of phenols is 1. The zero-order chi connectivity index (χ0) is 20.0. The third-order valence-electron chi connectivity index (χ3n) is 5.03. The molecule has 0 radical (unpaired) electrons. The van der Waals surface area contributed by atoms with Crippen molar-refractivity contribution in [2.24, 2.45) is 0 Å². The highest BCUT2D eigenvalue weighted by Crippen LogP contribution is 2.44.